The molecule has 1 spiro atoms. The SMILES string of the molecule is COCC(=O)NC[C@@H]1CCC2(CCN(Cc3cccc4ccccc34)CC2)O1. The van der Waals surface area contributed by atoms with Gasteiger partial charge in [-0.25, -0.2) is 0 Å². The molecule has 2 aliphatic rings. The number of amides is 1. The number of likely N-dealkylation sites (tertiary alicyclic amines) is 1. The van der Waals surface area contributed by atoms with Crippen molar-refractivity contribution in [1.29, 1.82) is 0 Å². The Morgan fingerprint density at radius 1 is 1.18 bits per heavy atom. The second-order valence-corrected chi connectivity index (χ2v) is 8.11. The Balaban J connectivity index is 1.29. The number of rotatable bonds is 6. The van der Waals surface area contributed by atoms with Gasteiger partial charge in [-0.05, 0) is 42.0 Å². The van der Waals surface area contributed by atoms with Crippen LogP contribution < -0.4 is 5.32 Å². The van der Waals surface area contributed by atoms with Crippen LogP contribution in [0.5, 0.6) is 0 Å². The van der Waals surface area contributed by atoms with Gasteiger partial charge in [0.15, 0.2) is 0 Å². The van der Waals surface area contributed by atoms with Crippen molar-refractivity contribution >= 4 is 16.7 Å². The number of hydrogen-bond acceptors (Lipinski definition) is 4. The number of ether oxygens (including phenoxy) is 2. The molecule has 0 aromatic heterocycles. The van der Waals surface area contributed by atoms with Crippen LogP contribution in [0.15, 0.2) is 42.5 Å². The number of carbonyl (C=O) groups excluding carboxylic acids is 1. The molecule has 0 unspecified atom stereocenters. The number of hydrogen-bond donors (Lipinski definition) is 1. The molecular weight excluding hydrogens is 352 g/mol. The van der Waals surface area contributed by atoms with Crippen molar-refractivity contribution in [2.75, 3.05) is 33.4 Å². The number of fused-ring (bicyclic) bond motifs is 1. The molecule has 2 aromatic carbocycles. The first-order valence-corrected chi connectivity index (χ1v) is 10.3. The van der Waals surface area contributed by atoms with Crippen LogP contribution in [-0.4, -0.2) is 55.9 Å². The van der Waals surface area contributed by atoms with E-state index in [1.54, 1.807) is 0 Å². The lowest BCUT2D eigenvalue weighted by Gasteiger charge is -2.39. The summed E-state index contributed by atoms with van der Waals surface area (Å²) in [5.41, 5.74) is 1.41. The van der Waals surface area contributed by atoms with Crippen molar-refractivity contribution in [3.8, 4) is 0 Å². The maximum absolute atomic E-state index is 11.6. The Morgan fingerprint density at radius 3 is 2.79 bits per heavy atom. The van der Waals surface area contributed by atoms with E-state index in [-0.39, 0.29) is 24.2 Å². The Bertz CT molecular complexity index is 809. The maximum atomic E-state index is 11.6. The summed E-state index contributed by atoms with van der Waals surface area (Å²) < 4.78 is 11.3. The number of nitrogens with zero attached hydrogens (tertiary/aromatic N) is 1. The van der Waals surface area contributed by atoms with E-state index in [1.807, 2.05) is 0 Å². The fourth-order valence-corrected chi connectivity index (χ4v) is 4.61. The molecule has 2 aromatic rings. The van der Waals surface area contributed by atoms with E-state index in [0.29, 0.717) is 6.54 Å². The van der Waals surface area contributed by atoms with Gasteiger partial charge in [0.2, 0.25) is 5.91 Å². The largest absolute Gasteiger partial charge is 0.375 e. The van der Waals surface area contributed by atoms with Crippen LogP contribution in [0.1, 0.15) is 31.2 Å². The highest BCUT2D eigenvalue weighted by molar-refractivity contribution is 5.85. The van der Waals surface area contributed by atoms with E-state index in [4.69, 9.17) is 9.47 Å². The lowest BCUT2D eigenvalue weighted by molar-refractivity contribution is -0.126. The average Bonchev–Trinajstić information content (AvgIpc) is 3.12. The lowest BCUT2D eigenvalue weighted by atomic mass is 9.88. The Morgan fingerprint density at radius 2 is 1.96 bits per heavy atom. The number of carbonyl (C=O) groups is 1. The van der Waals surface area contributed by atoms with Crippen LogP contribution >= 0.6 is 0 Å². The highest BCUT2D eigenvalue weighted by atomic mass is 16.5. The summed E-state index contributed by atoms with van der Waals surface area (Å²) in [6.45, 7) is 3.82. The zero-order chi connectivity index (χ0) is 19.4. The zero-order valence-corrected chi connectivity index (χ0v) is 16.7. The Hall–Kier alpha value is -1.95. The Kier molecular flexibility index (Phi) is 5.95. The van der Waals surface area contributed by atoms with Gasteiger partial charge in [-0.1, -0.05) is 42.5 Å². The quantitative estimate of drug-likeness (QED) is 0.834. The molecule has 1 atom stereocenters. The van der Waals surface area contributed by atoms with E-state index >= 15 is 0 Å². The lowest BCUT2D eigenvalue weighted by Crippen LogP contribution is -2.45. The van der Waals surface area contributed by atoms with E-state index < -0.39 is 0 Å². The summed E-state index contributed by atoms with van der Waals surface area (Å²) >= 11 is 0. The standard InChI is InChI=1S/C23H30N2O3/c1-27-17-22(26)24-15-20-9-10-23(28-20)11-13-25(14-12-23)16-19-7-4-6-18-5-2-3-8-21(18)19/h2-8,20H,9-17H2,1H3,(H,24,26)/t20-/m0/s1. The van der Waals surface area contributed by atoms with Crippen molar-refractivity contribution in [3.63, 3.8) is 0 Å². The maximum Gasteiger partial charge on any atom is 0.246 e. The topological polar surface area (TPSA) is 50.8 Å². The normalized spacial score (nSPS) is 22.0. The van der Waals surface area contributed by atoms with Gasteiger partial charge < -0.3 is 14.8 Å². The van der Waals surface area contributed by atoms with E-state index in [1.165, 1.54) is 23.4 Å². The predicted octanol–water partition coefficient (Wildman–Crippen LogP) is 3.12. The highest BCUT2D eigenvalue weighted by Crippen LogP contribution is 2.39. The molecule has 2 aliphatic heterocycles. The second-order valence-electron chi connectivity index (χ2n) is 8.11. The Labute approximate surface area is 167 Å². The zero-order valence-electron chi connectivity index (χ0n) is 16.7. The third-order valence-electron chi connectivity index (χ3n) is 6.18. The average molecular weight is 383 g/mol. The second kappa shape index (κ2) is 8.60. The monoisotopic (exact) mass is 382 g/mol. The highest BCUT2D eigenvalue weighted by Gasteiger charge is 2.42. The number of benzene rings is 2. The van der Waals surface area contributed by atoms with Crippen LogP contribution in [0.25, 0.3) is 10.8 Å². The smallest absolute Gasteiger partial charge is 0.246 e. The van der Waals surface area contributed by atoms with Crippen molar-refractivity contribution in [3.05, 3.63) is 48.0 Å². The molecule has 0 saturated carbocycles. The number of nitrogens with one attached hydrogen (secondary N) is 1. The van der Waals surface area contributed by atoms with E-state index in [0.717, 1.165) is 45.3 Å². The molecule has 1 amide bonds. The molecule has 28 heavy (non-hydrogen) atoms. The van der Waals surface area contributed by atoms with Crippen molar-refractivity contribution in [2.24, 2.45) is 0 Å². The van der Waals surface area contributed by atoms with Gasteiger partial charge in [0.05, 0.1) is 11.7 Å². The van der Waals surface area contributed by atoms with E-state index in [9.17, 15) is 4.79 Å². The van der Waals surface area contributed by atoms with Gasteiger partial charge in [0.1, 0.15) is 6.61 Å². The van der Waals surface area contributed by atoms with Crippen LogP contribution in [0.4, 0.5) is 0 Å². The van der Waals surface area contributed by atoms with Crippen LogP contribution in [-0.2, 0) is 20.8 Å². The molecule has 5 heteroatoms. The predicted molar refractivity (Wildman–Crippen MR) is 110 cm³/mol. The summed E-state index contributed by atoms with van der Waals surface area (Å²) in [6, 6.07) is 15.2. The molecule has 150 valence electrons. The molecule has 2 fully saturated rings. The molecule has 0 radical (unpaired) electrons. The summed E-state index contributed by atoms with van der Waals surface area (Å²) in [5.74, 6) is -0.0723. The number of piperidine rings is 1. The number of methoxy groups -OCH3 is 1. The first kappa shape index (κ1) is 19.4. The third kappa shape index (κ3) is 4.37. The fourth-order valence-electron chi connectivity index (χ4n) is 4.61. The van der Waals surface area contributed by atoms with Crippen LogP contribution in [0.3, 0.4) is 0 Å². The molecule has 4 rings (SSSR count). The molecule has 5 nitrogen and oxygen atoms in total. The van der Waals surface area contributed by atoms with Crippen molar-refractivity contribution in [2.45, 2.75) is 43.9 Å². The summed E-state index contributed by atoms with van der Waals surface area (Å²) in [5, 5.41) is 5.57. The molecule has 0 aliphatic carbocycles. The summed E-state index contributed by atoms with van der Waals surface area (Å²) in [4.78, 5) is 14.1. The van der Waals surface area contributed by atoms with E-state index in [2.05, 4.69) is 52.7 Å². The molecule has 0 bridgehead atoms. The third-order valence-corrected chi connectivity index (χ3v) is 6.18. The molecule has 2 heterocycles. The first-order chi connectivity index (χ1) is 13.7. The molecular formula is C23H30N2O3. The van der Waals surface area contributed by atoms with Crippen molar-refractivity contribution in [1.82, 2.24) is 10.2 Å². The van der Waals surface area contributed by atoms with Gasteiger partial charge in [-0.2, -0.15) is 0 Å². The minimum absolute atomic E-state index is 0.00586. The molecule has 2 saturated heterocycles. The van der Waals surface area contributed by atoms with Gasteiger partial charge in [0.25, 0.3) is 0 Å². The summed E-state index contributed by atoms with van der Waals surface area (Å²) in [6.07, 6.45) is 4.39. The van der Waals surface area contributed by atoms with Crippen LogP contribution in [0.2, 0.25) is 0 Å². The first-order valence-electron chi connectivity index (χ1n) is 10.3. The van der Waals surface area contributed by atoms with Crippen molar-refractivity contribution < 1.29 is 14.3 Å². The van der Waals surface area contributed by atoms with Gasteiger partial charge in [0, 0.05) is 33.3 Å². The van der Waals surface area contributed by atoms with Crippen LogP contribution in [0, 0.1) is 0 Å². The minimum Gasteiger partial charge on any atom is -0.375 e. The van der Waals surface area contributed by atoms with Gasteiger partial charge in [-0.15, -0.1) is 0 Å². The van der Waals surface area contributed by atoms with Gasteiger partial charge in [-0.3, -0.25) is 9.69 Å². The van der Waals surface area contributed by atoms with Gasteiger partial charge >= 0.3 is 0 Å². The fraction of sp³-hybridized carbons (Fsp3) is 0.522. The minimum atomic E-state index is -0.0723. The summed E-state index contributed by atoms with van der Waals surface area (Å²) in [7, 11) is 1.53. The molecule has 1 N–H and O–H groups in total.